The van der Waals surface area contributed by atoms with Crippen LogP contribution in [0.1, 0.15) is 18.1 Å². The fraction of sp³-hybridized carbons (Fsp3) is 0.350. The Labute approximate surface area is 189 Å². The van der Waals surface area contributed by atoms with Gasteiger partial charge in [0.15, 0.2) is 6.10 Å². The van der Waals surface area contributed by atoms with Gasteiger partial charge >= 0.3 is 0 Å². The first-order chi connectivity index (χ1) is 15.9. The molecule has 2 heterocycles. The van der Waals surface area contributed by atoms with Gasteiger partial charge in [-0.25, -0.2) is 43.9 Å². The second-order valence-corrected chi connectivity index (χ2v) is 9.47. The van der Waals surface area contributed by atoms with Gasteiger partial charge in [0.25, 0.3) is 5.92 Å². The van der Waals surface area contributed by atoms with Crippen LogP contribution in [0.15, 0.2) is 35.5 Å². The van der Waals surface area contributed by atoms with Gasteiger partial charge in [0.05, 0.1) is 18.5 Å². The van der Waals surface area contributed by atoms with Gasteiger partial charge in [-0.05, 0) is 18.2 Å². The summed E-state index contributed by atoms with van der Waals surface area (Å²) in [6, 6.07) is 0.210. The van der Waals surface area contributed by atoms with Gasteiger partial charge in [0.1, 0.15) is 35.1 Å². The zero-order valence-corrected chi connectivity index (χ0v) is 17.9. The zero-order valence-electron chi connectivity index (χ0n) is 17.0. The number of amidine groups is 1. The molecule has 2 atom stereocenters. The predicted octanol–water partition coefficient (Wildman–Crippen LogP) is 3.85. The first-order valence-corrected chi connectivity index (χ1v) is 11.4. The van der Waals surface area contributed by atoms with Crippen molar-refractivity contribution in [2.24, 2.45) is 5.16 Å². The Bertz CT molecular complexity index is 1240. The van der Waals surface area contributed by atoms with E-state index in [0.29, 0.717) is 12.1 Å². The summed E-state index contributed by atoms with van der Waals surface area (Å²) in [5.41, 5.74) is -1.62. The van der Waals surface area contributed by atoms with Crippen molar-refractivity contribution in [2.45, 2.75) is 24.5 Å². The molecule has 1 fully saturated rings. The van der Waals surface area contributed by atoms with E-state index in [1.807, 2.05) is 0 Å². The maximum atomic E-state index is 14.8. The van der Waals surface area contributed by atoms with Crippen molar-refractivity contribution < 1.29 is 44.0 Å². The van der Waals surface area contributed by atoms with Crippen LogP contribution in [0.25, 0.3) is 11.1 Å². The summed E-state index contributed by atoms with van der Waals surface area (Å²) in [6.07, 6.45) is -1.69. The molecule has 1 N–H and O–H groups in total. The van der Waals surface area contributed by atoms with Gasteiger partial charge in [-0.1, -0.05) is 11.2 Å². The van der Waals surface area contributed by atoms with E-state index < -0.39 is 87.1 Å². The van der Waals surface area contributed by atoms with Crippen LogP contribution < -0.4 is 4.72 Å². The van der Waals surface area contributed by atoms with Crippen LogP contribution in [0.4, 0.5) is 30.7 Å². The lowest BCUT2D eigenvalue weighted by atomic mass is 9.93. The largest absolute Gasteiger partial charge is 0.386 e. The smallest absolute Gasteiger partial charge is 0.282 e. The van der Waals surface area contributed by atoms with E-state index in [2.05, 4.69) is 5.16 Å². The van der Waals surface area contributed by atoms with Gasteiger partial charge in [-0.2, -0.15) is 0 Å². The summed E-state index contributed by atoms with van der Waals surface area (Å²) in [5, 5.41) is 3.65. The van der Waals surface area contributed by atoms with Crippen molar-refractivity contribution in [3.63, 3.8) is 0 Å². The Balaban J connectivity index is 1.61. The summed E-state index contributed by atoms with van der Waals surface area (Å²) < 4.78 is 123. The number of benzene rings is 2. The Morgan fingerprint density at radius 3 is 2.44 bits per heavy atom. The molecule has 2 aliphatic heterocycles. The maximum Gasteiger partial charge on any atom is 0.282 e. The molecule has 0 radical (unpaired) electrons. The highest BCUT2D eigenvalue weighted by atomic mass is 32.2. The molecule has 0 aliphatic carbocycles. The lowest BCUT2D eigenvalue weighted by Gasteiger charge is -2.18. The number of rotatable bonds is 5. The third-order valence-corrected chi connectivity index (χ3v) is 6.38. The topological polar surface area (TPSA) is 71.0 Å². The van der Waals surface area contributed by atoms with E-state index in [9.17, 15) is 39.2 Å². The number of hydrogen-bond acceptors (Lipinski definition) is 5. The van der Waals surface area contributed by atoms with Crippen LogP contribution >= 0.6 is 0 Å². The lowest BCUT2D eigenvalue weighted by molar-refractivity contribution is -0.00133. The first kappa shape index (κ1) is 24.3. The molecule has 2 aromatic carbocycles. The molecular formula is C20H16F7N3O3S. The van der Waals surface area contributed by atoms with Crippen LogP contribution in [0.5, 0.6) is 0 Å². The molecule has 184 valence electrons. The number of sulfonamides is 1. The number of nitrogens with one attached hydrogen (secondary N) is 1. The van der Waals surface area contributed by atoms with Crippen LogP contribution in [0, 0.1) is 23.3 Å². The van der Waals surface area contributed by atoms with E-state index >= 15 is 0 Å². The number of alkyl halides is 3. The standard InChI is InChI=1S/C20H16F7N3O3S/c21-9-34(31,32)29-16-7-30(8-20(16,26)27)17-6-15(33-28-17)19-11(4-10(22)5-14(19)25)18-12(23)2-1-3-13(18)24/h1-5,15-16,29H,6-9H2/t15?,16-/m1/s1. The molecule has 1 unspecified atom stereocenters. The molecule has 0 bridgehead atoms. The molecule has 34 heavy (non-hydrogen) atoms. The maximum absolute atomic E-state index is 14.8. The predicted molar refractivity (Wildman–Crippen MR) is 106 cm³/mol. The average Bonchev–Trinajstić information content (AvgIpc) is 3.32. The molecule has 0 spiro atoms. The monoisotopic (exact) mass is 511 g/mol. The highest BCUT2D eigenvalue weighted by Gasteiger charge is 2.51. The fourth-order valence-electron chi connectivity index (χ4n) is 3.93. The van der Waals surface area contributed by atoms with E-state index in [4.69, 9.17) is 4.84 Å². The van der Waals surface area contributed by atoms with Crippen LogP contribution in [0.2, 0.25) is 0 Å². The summed E-state index contributed by atoms with van der Waals surface area (Å²) in [6.45, 7) is -1.59. The Morgan fingerprint density at radius 2 is 1.79 bits per heavy atom. The minimum atomic E-state index is -4.58. The van der Waals surface area contributed by atoms with Crippen molar-refractivity contribution in [1.29, 1.82) is 0 Å². The minimum absolute atomic E-state index is 0.129. The fourth-order valence-corrected chi connectivity index (χ4v) is 4.68. The van der Waals surface area contributed by atoms with Gasteiger partial charge in [0, 0.05) is 23.7 Å². The summed E-state index contributed by atoms with van der Waals surface area (Å²) in [5.74, 6) is -8.21. The average molecular weight is 511 g/mol. The molecule has 1 saturated heterocycles. The highest BCUT2D eigenvalue weighted by Crippen LogP contribution is 2.40. The first-order valence-electron chi connectivity index (χ1n) is 9.76. The van der Waals surface area contributed by atoms with E-state index in [-0.39, 0.29) is 12.3 Å². The van der Waals surface area contributed by atoms with Crippen molar-refractivity contribution in [1.82, 2.24) is 9.62 Å². The molecule has 0 amide bonds. The molecule has 4 rings (SSSR count). The second-order valence-electron chi connectivity index (χ2n) is 7.79. The van der Waals surface area contributed by atoms with Gasteiger partial charge in [-0.15, -0.1) is 0 Å². The summed E-state index contributed by atoms with van der Waals surface area (Å²) >= 11 is 0. The molecule has 2 aliphatic rings. The highest BCUT2D eigenvalue weighted by molar-refractivity contribution is 7.89. The number of oxime groups is 1. The quantitative estimate of drug-likeness (QED) is 0.620. The summed E-state index contributed by atoms with van der Waals surface area (Å²) in [4.78, 5) is 6.12. The lowest BCUT2D eigenvalue weighted by Crippen LogP contribution is -2.47. The SMILES string of the molecule is O=S(=O)(CF)N[C@@H]1CN(C2=NOC(c3c(F)cc(F)cc3-c3c(F)cccc3F)C2)CC1(F)F. The van der Waals surface area contributed by atoms with Crippen molar-refractivity contribution in [3.8, 4) is 11.1 Å². The summed E-state index contributed by atoms with van der Waals surface area (Å²) in [7, 11) is -4.58. The van der Waals surface area contributed by atoms with Crippen molar-refractivity contribution >= 4 is 15.9 Å². The van der Waals surface area contributed by atoms with E-state index in [1.165, 1.54) is 0 Å². The van der Waals surface area contributed by atoms with E-state index in [1.54, 1.807) is 4.72 Å². The molecular weight excluding hydrogens is 495 g/mol. The Kier molecular flexibility index (Phi) is 6.23. The molecule has 0 aromatic heterocycles. The number of likely N-dealkylation sites (tertiary alicyclic amines) is 1. The number of nitrogens with zero attached hydrogens (tertiary/aromatic N) is 2. The van der Waals surface area contributed by atoms with Gasteiger partial charge < -0.3 is 9.74 Å². The Morgan fingerprint density at radius 1 is 1.12 bits per heavy atom. The molecule has 6 nitrogen and oxygen atoms in total. The van der Waals surface area contributed by atoms with Crippen molar-refractivity contribution in [2.75, 3.05) is 19.1 Å². The molecule has 14 heteroatoms. The normalized spacial score (nSPS) is 22.1. The number of hydrogen-bond donors (Lipinski definition) is 1. The molecule has 2 aromatic rings. The molecule has 0 saturated carbocycles. The van der Waals surface area contributed by atoms with Gasteiger partial charge in [-0.3, -0.25) is 0 Å². The third-order valence-electron chi connectivity index (χ3n) is 5.45. The third kappa shape index (κ3) is 4.56. The van der Waals surface area contributed by atoms with Crippen LogP contribution in [-0.2, 0) is 14.9 Å². The van der Waals surface area contributed by atoms with Crippen LogP contribution in [-0.4, -0.2) is 50.2 Å². The zero-order chi connectivity index (χ0) is 24.8. The second kappa shape index (κ2) is 8.73. The number of halogens is 7. The van der Waals surface area contributed by atoms with Crippen molar-refractivity contribution in [3.05, 3.63) is 59.2 Å². The van der Waals surface area contributed by atoms with Crippen LogP contribution in [0.3, 0.4) is 0 Å². The Hall–Kier alpha value is -2.87. The van der Waals surface area contributed by atoms with Gasteiger partial charge in [0.2, 0.25) is 16.0 Å². The minimum Gasteiger partial charge on any atom is -0.386 e. The van der Waals surface area contributed by atoms with E-state index in [0.717, 1.165) is 23.1 Å².